The number of nitrogen functional groups attached to an aromatic ring is 1. The van der Waals surface area contributed by atoms with Gasteiger partial charge in [-0.1, -0.05) is 13.8 Å². The summed E-state index contributed by atoms with van der Waals surface area (Å²) in [4.78, 5) is 11.1. The molecule has 4 nitrogen and oxygen atoms in total. The predicted molar refractivity (Wildman–Crippen MR) is 51.9 cm³/mol. The Bertz CT molecular complexity index is 410. The zero-order valence-corrected chi connectivity index (χ0v) is 8.42. The maximum atomic E-state index is 11.1. The van der Waals surface area contributed by atoms with Crippen LogP contribution in [0.1, 0.15) is 48.6 Å². The van der Waals surface area contributed by atoms with E-state index in [1.54, 1.807) is 0 Å². The van der Waals surface area contributed by atoms with Crippen molar-refractivity contribution in [1.29, 1.82) is 5.26 Å². The Morgan fingerprint density at radius 2 is 2.14 bits per heavy atom. The van der Waals surface area contributed by atoms with E-state index in [-0.39, 0.29) is 28.7 Å². The second kappa shape index (κ2) is 3.54. The summed E-state index contributed by atoms with van der Waals surface area (Å²) < 4.78 is 5.26. The van der Waals surface area contributed by atoms with Crippen LogP contribution in [0.5, 0.6) is 0 Å². The molecule has 0 fully saturated rings. The summed E-state index contributed by atoms with van der Waals surface area (Å²) in [7, 11) is 0. The number of nitrogens with two attached hydrogens (primary N) is 1. The molecule has 0 aliphatic heterocycles. The average Bonchev–Trinajstić information content (AvgIpc) is 2.42. The van der Waals surface area contributed by atoms with Gasteiger partial charge in [0.25, 0.3) is 0 Å². The van der Waals surface area contributed by atoms with Crippen molar-refractivity contribution >= 4 is 11.5 Å². The zero-order valence-electron chi connectivity index (χ0n) is 8.42. The molecule has 0 amide bonds. The third-order valence-electron chi connectivity index (χ3n) is 1.93. The van der Waals surface area contributed by atoms with Gasteiger partial charge in [-0.2, -0.15) is 5.26 Å². The molecule has 0 aliphatic rings. The normalized spacial score (nSPS) is 10.2. The smallest absolute Gasteiger partial charge is 0.197 e. The quantitative estimate of drug-likeness (QED) is 0.727. The summed E-state index contributed by atoms with van der Waals surface area (Å²) in [6.07, 6.45) is 0. The molecule has 0 radical (unpaired) electrons. The molecule has 0 atom stereocenters. The summed E-state index contributed by atoms with van der Waals surface area (Å²) in [5.41, 5.74) is 6.06. The van der Waals surface area contributed by atoms with Crippen molar-refractivity contribution in [2.45, 2.75) is 26.7 Å². The number of nitrogens with zero attached hydrogens (tertiary/aromatic N) is 1. The third kappa shape index (κ3) is 1.49. The number of hydrogen-bond donors (Lipinski definition) is 1. The van der Waals surface area contributed by atoms with E-state index in [0.29, 0.717) is 5.76 Å². The fraction of sp³-hybridized carbons (Fsp3) is 0.400. The lowest BCUT2D eigenvalue weighted by molar-refractivity contribution is 0.0986. The molecule has 0 saturated heterocycles. The van der Waals surface area contributed by atoms with Gasteiger partial charge in [0.1, 0.15) is 23.1 Å². The van der Waals surface area contributed by atoms with E-state index < -0.39 is 0 Å². The van der Waals surface area contributed by atoms with E-state index in [1.165, 1.54) is 6.92 Å². The van der Waals surface area contributed by atoms with Gasteiger partial charge in [0.2, 0.25) is 0 Å². The van der Waals surface area contributed by atoms with Crippen molar-refractivity contribution in [1.82, 2.24) is 0 Å². The van der Waals surface area contributed by atoms with Crippen LogP contribution >= 0.6 is 0 Å². The molecule has 2 N–H and O–H groups in total. The number of nitriles is 1. The highest BCUT2D eigenvalue weighted by Crippen LogP contribution is 2.30. The molecular weight excluding hydrogens is 180 g/mol. The summed E-state index contributed by atoms with van der Waals surface area (Å²) in [6.45, 7) is 5.12. The number of carbonyl (C=O) groups is 1. The summed E-state index contributed by atoms with van der Waals surface area (Å²) >= 11 is 0. The highest BCUT2D eigenvalue weighted by Gasteiger charge is 2.22. The first-order chi connectivity index (χ1) is 6.49. The van der Waals surface area contributed by atoms with Gasteiger partial charge in [0.15, 0.2) is 11.5 Å². The van der Waals surface area contributed by atoms with E-state index in [1.807, 2.05) is 19.9 Å². The molecule has 0 aromatic carbocycles. The lowest BCUT2D eigenvalue weighted by Gasteiger charge is -1.98. The molecule has 0 saturated carbocycles. The van der Waals surface area contributed by atoms with Gasteiger partial charge < -0.3 is 10.2 Å². The monoisotopic (exact) mass is 192 g/mol. The van der Waals surface area contributed by atoms with E-state index in [4.69, 9.17) is 15.4 Å². The lowest BCUT2D eigenvalue weighted by Crippen LogP contribution is -1.96. The van der Waals surface area contributed by atoms with Crippen LogP contribution in [-0.2, 0) is 0 Å². The number of anilines is 1. The van der Waals surface area contributed by atoms with E-state index >= 15 is 0 Å². The molecule has 14 heavy (non-hydrogen) atoms. The molecule has 1 aromatic rings. The summed E-state index contributed by atoms with van der Waals surface area (Å²) in [5.74, 6) is 0.353. The molecule has 1 heterocycles. The Hall–Kier alpha value is -1.76. The Kier molecular flexibility index (Phi) is 2.61. The number of hydrogen-bond acceptors (Lipinski definition) is 4. The zero-order chi connectivity index (χ0) is 10.9. The molecule has 1 rings (SSSR count). The van der Waals surface area contributed by atoms with Crippen LogP contribution in [-0.4, -0.2) is 5.78 Å². The highest BCUT2D eigenvalue weighted by atomic mass is 16.4. The first-order valence-corrected chi connectivity index (χ1v) is 4.32. The SMILES string of the molecule is CC(=O)c1oc(C(C)C)c(C#N)c1N. The summed E-state index contributed by atoms with van der Waals surface area (Å²) in [6, 6.07) is 1.95. The predicted octanol–water partition coefficient (Wildman–Crippen LogP) is 2.06. The second-order valence-corrected chi connectivity index (χ2v) is 3.41. The van der Waals surface area contributed by atoms with Crippen molar-refractivity contribution in [3.8, 4) is 6.07 Å². The van der Waals surface area contributed by atoms with Gasteiger partial charge in [-0.05, 0) is 0 Å². The average molecular weight is 192 g/mol. The third-order valence-corrected chi connectivity index (χ3v) is 1.93. The van der Waals surface area contributed by atoms with Crippen molar-refractivity contribution in [2.24, 2.45) is 0 Å². The molecule has 0 aliphatic carbocycles. The fourth-order valence-electron chi connectivity index (χ4n) is 1.25. The Morgan fingerprint density at radius 3 is 2.43 bits per heavy atom. The van der Waals surface area contributed by atoms with Gasteiger partial charge in [-0.25, -0.2) is 0 Å². The largest absolute Gasteiger partial charge is 0.454 e. The van der Waals surface area contributed by atoms with Crippen LogP contribution in [0.4, 0.5) is 5.69 Å². The minimum absolute atomic E-state index is 0.0417. The van der Waals surface area contributed by atoms with Crippen LogP contribution in [0.2, 0.25) is 0 Å². The minimum Gasteiger partial charge on any atom is -0.454 e. The van der Waals surface area contributed by atoms with Crippen LogP contribution < -0.4 is 5.73 Å². The molecular formula is C10H12N2O2. The molecule has 1 aromatic heterocycles. The van der Waals surface area contributed by atoms with Crippen LogP contribution in [0, 0.1) is 11.3 Å². The minimum atomic E-state index is -0.258. The first-order valence-electron chi connectivity index (χ1n) is 4.32. The number of carbonyl (C=O) groups excluding carboxylic acids is 1. The number of Topliss-reactive ketones (excluding diaryl/α,β-unsaturated/α-hetero) is 1. The maximum absolute atomic E-state index is 11.1. The van der Waals surface area contributed by atoms with Gasteiger partial charge in [0, 0.05) is 12.8 Å². The topological polar surface area (TPSA) is 80.0 Å². The lowest BCUT2D eigenvalue weighted by atomic mass is 10.1. The molecule has 0 spiro atoms. The van der Waals surface area contributed by atoms with Crippen LogP contribution in [0.25, 0.3) is 0 Å². The van der Waals surface area contributed by atoms with Gasteiger partial charge in [0.05, 0.1) is 0 Å². The summed E-state index contributed by atoms with van der Waals surface area (Å²) in [5, 5.41) is 8.84. The van der Waals surface area contributed by atoms with Crippen LogP contribution in [0.15, 0.2) is 4.42 Å². The number of rotatable bonds is 2. The molecule has 0 unspecified atom stereocenters. The maximum Gasteiger partial charge on any atom is 0.197 e. The van der Waals surface area contributed by atoms with Gasteiger partial charge in [-0.15, -0.1) is 0 Å². The number of furan rings is 1. The van der Waals surface area contributed by atoms with Crippen molar-refractivity contribution < 1.29 is 9.21 Å². The second-order valence-electron chi connectivity index (χ2n) is 3.41. The standard InChI is InChI=1S/C10H12N2O2/c1-5(2)9-7(4-11)8(12)10(14-9)6(3)13/h5H,12H2,1-3H3. The Balaban J connectivity index is 3.41. The highest BCUT2D eigenvalue weighted by molar-refractivity contribution is 5.97. The Morgan fingerprint density at radius 1 is 1.57 bits per heavy atom. The van der Waals surface area contributed by atoms with E-state index in [2.05, 4.69) is 0 Å². The van der Waals surface area contributed by atoms with Crippen molar-refractivity contribution in [3.05, 3.63) is 17.1 Å². The molecule has 4 heteroatoms. The molecule has 74 valence electrons. The van der Waals surface area contributed by atoms with Gasteiger partial charge in [-0.3, -0.25) is 4.79 Å². The van der Waals surface area contributed by atoms with Crippen LogP contribution in [0.3, 0.4) is 0 Å². The fourth-order valence-corrected chi connectivity index (χ4v) is 1.25. The van der Waals surface area contributed by atoms with Gasteiger partial charge >= 0.3 is 0 Å². The van der Waals surface area contributed by atoms with Crippen molar-refractivity contribution in [2.75, 3.05) is 5.73 Å². The van der Waals surface area contributed by atoms with E-state index in [0.717, 1.165) is 0 Å². The Labute approximate surface area is 82.3 Å². The van der Waals surface area contributed by atoms with Crippen molar-refractivity contribution in [3.63, 3.8) is 0 Å². The number of ketones is 1. The molecule has 0 bridgehead atoms. The first kappa shape index (κ1) is 10.3. The van der Waals surface area contributed by atoms with E-state index in [9.17, 15) is 4.79 Å².